The van der Waals surface area contributed by atoms with Crippen LogP contribution in [-0.2, 0) is 9.59 Å². The number of aliphatic hydroxyl groups is 1. The number of ketones is 1. The fourth-order valence-electron chi connectivity index (χ4n) is 4.45. The van der Waals surface area contributed by atoms with Gasteiger partial charge < -0.3 is 19.7 Å². The van der Waals surface area contributed by atoms with Crippen molar-refractivity contribution >= 4 is 28.4 Å². The minimum atomic E-state index is -0.659. The normalized spacial score (nSPS) is 18.0. The van der Waals surface area contributed by atoms with Gasteiger partial charge in [-0.05, 0) is 38.5 Å². The second kappa shape index (κ2) is 8.91. The smallest absolute Gasteiger partial charge is 0.295 e. The average Bonchev–Trinajstić information content (AvgIpc) is 3.24. The Morgan fingerprint density at radius 2 is 1.91 bits per heavy atom. The summed E-state index contributed by atoms with van der Waals surface area (Å²) in [6.45, 7) is 6.79. The number of nitrogens with zero attached hydrogens (tertiary/aromatic N) is 1. The Balaban J connectivity index is 1.94. The van der Waals surface area contributed by atoms with E-state index in [1.54, 1.807) is 29.2 Å². The zero-order valence-corrected chi connectivity index (χ0v) is 18.6. The molecule has 0 saturated carbocycles. The second-order valence-electron chi connectivity index (χ2n) is 8.02. The van der Waals surface area contributed by atoms with Crippen LogP contribution >= 0.6 is 0 Å². The van der Waals surface area contributed by atoms with Crippen LogP contribution in [0.25, 0.3) is 16.7 Å². The lowest BCUT2D eigenvalue weighted by atomic mass is 9.93. The van der Waals surface area contributed by atoms with Gasteiger partial charge in [0.15, 0.2) is 0 Å². The summed E-state index contributed by atoms with van der Waals surface area (Å²) < 4.78 is 5.56. The van der Waals surface area contributed by atoms with Gasteiger partial charge in [0.05, 0.1) is 18.2 Å². The number of aromatic amines is 1. The molecule has 1 fully saturated rings. The predicted octanol–water partition coefficient (Wildman–Crippen LogP) is 5.10. The number of carbonyl (C=O) groups is 2. The summed E-state index contributed by atoms with van der Waals surface area (Å²) in [5.74, 6) is -0.819. The first-order valence-corrected chi connectivity index (χ1v) is 11.1. The molecule has 1 aliphatic rings. The standard InChI is InChI=1S/C26H28N2O4/c1-4-6-14-28-23(21-16(3)27-20-13-8-7-12-19(20)21)22(25(30)26(28)31)24(29)17-10-9-11-18(15-17)32-5-2/h7-13,15,23,27,29H,4-6,14H2,1-3H3/b24-22+. The third-order valence-electron chi connectivity index (χ3n) is 5.93. The van der Waals surface area contributed by atoms with E-state index in [1.165, 1.54) is 0 Å². The van der Waals surface area contributed by atoms with Gasteiger partial charge in [0.2, 0.25) is 0 Å². The lowest BCUT2D eigenvalue weighted by Crippen LogP contribution is -2.30. The molecular weight excluding hydrogens is 404 g/mol. The number of aryl methyl sites for hydroxylation is 1. The maximum absolute atomic E-state index is 13.2. The Bertz CT molecular complexity index is 1210. The number of carbonyl (C=O) groups excluding carboxylic acids is 2. The van der Waals surface area contributed by atoms with Crippen molar-refractivity contribution in [3.05, 3.63) is 70.9 Å². The van der Waals surface area contributed by atoms with Gasteiger partial charge in [-0.3, -0.25) is 9.59 Å². The number of H-pyrrole nitrogens is 1. The van der Waals surface area contributed by atoms with Gasteiger partial charge >= 0.3 is 0 Å². The summed E-state index contributed by atoms with van der Waals surface area (Å²) in [4.78, 5) is 31.2. The topological polar surface area (TPSA) is 82.6 Å². The number of fused-ring (bicyclic) bond motifs is 1. The van der Waals surface area contributed by atoms with Crippen LogP contribution in [0.5, 0.6) is 5.75 Å². The zero-order valence-electron chi connectivity index (χ0n) is 18.6. The SMILES string of the molecule is CCCCN1C(=O)C(=O)/C(=C(/O)c2cccc(OCC)c2)C1c1c(C)[nH]c2ccccc12. The molecule has 6 heteroatoms. The summed E-state index contributed by atoms with van der Waals surface area (Å²) in [5.41, 5.74) is 3.21. The molecule has 0 aliphatic carbocycles. The molecule has 1 saturated heterocycles. The van der Waals surface area contributed by atoms with Crippen molar-refractivity contribution in [2.45, 2.75) is 39.7 Å². The van der Waals surface area contributed by atoms with Gasteiger partial charge in [0.1, 0.15) is 11.5 Å². The minimum Gasteiger partial charge on any atom is -0.507 e. The molecule has 2 N–H and O–H groups in total. The third kappa shape index (κ3) is 3.66. The molecule has 1 atom stereocenters. The van der Waals surface area contributed by atoms with E-state index in [9.17, 15) is 14.7 Å². The number of hydrogen-bond donors (Lipinski definition) is 2. The maximum atomic E-state index is 13.2. The van der Waals surface area contributed by atoms with Crippen LogP contribution in [0.4, 0.5) is 0 Å². The number of aromatic nitrogens is 1. The van der Waals surface area contributed by atoms with E-state index < -0.39 is 17.7 Å². The Kier molecular flexibility index (Phi) is 6.04. The van der Waals surface area contributed by atoms with Crippen LogP contribution in [0.15, 0.2) is 54.1 Å². The molecule has 1 aromatic heterocycles. The molecule has 2 aromatic carbocycles. The van der Waals surface area contributed by atoms with E-state index in [2.05, 4.69) is 4.98 Å². The van der Waals surface area contributed by atoms with Gasteiger partial charge in [0.25, 0.3) is 11.7 Å². The van der Waals surface area contributed by atoms with Gasteiger partial charge in [-0.1, -0.05) is 43.7 Å². The van der Waals surface area contributed by atoms with Crippen molar-refractivity contribution in [3.8, 4) is 5.75 Å². The molecule has 166 valence electrons. The molecule has 32 heavy (non-hydrogen) atoms. The number of unbranched alkanes of at least 4 members (excludes halogenated alkanes) is 1. The monoisotopic (exact) mass is 432 g/mol. The van der Waals surface area contributed by atoms with Gasteiger partial charge in [-0.15, -0.1) is 0 Å². The molecule has 3 aromatic rings. The van der Waals surface area contributed by atoms with E-state index in [0.717, 1.165) is 35.0 Å². The highest BCUT2D eigenvalue weighted by Crippen LogP contribution is 2.43. The Morgan fingerprint density at radius 1 is 1.12 bits per heavy atom. The van der Waals surface area contributed by atoms with Gasteiger partial charge in [-0.25, -0.2) is 0 Å². The van der Waals surface area contributed by atoms with Crippen LogP contribution < -0.4 is 4.74 Å². The Labute approximate surface area is 187 Å². The van der Waals surface area contributed by atoms with Crippen LogP contribution in [-0.4, -0.2) is 39.8 Å². The fraction of sp³-hybridized carbons (Fsp3) is 0.308. The first-order chi connectivity index (χ1) is 15.5. The number of ether oxygens (including phenoxy) is 1. The Morgan fingerprint density at radius 3 is 2.66 bits per heavy atom. The van der Waals surface area contributed by atoms with E-state index in [-0.39, 0.29) is 11.3 Å². The highest BCUT2D eigenvalue weighted by molar-refractivity contribution is 6.46. The number of nitrogens with one attached hydrogen (secondary N) is 1. The fourth-order valence-corrected chi connectivity index (χ4v) is 4.45. The number of amides is 1. The van der Waals surface area contributed by atoms with Crippen molar-refractivity contribution in [2.75, 3.05) is 13.2 Å². The molecule has 1 aliphatic heterocycles. The van der Waals surface area contributed by atoms with Crippen molar-refractivity contribution in [1.29, 1.82) is 0 Å². The number of para-hydroxylation sites is 1. The highest BCUT2D eigenvalue weighted by atomic mass is 16.5. The zero-order chi connectivity index (χ0) is 22.8. The lowest BCUT2D eigenvalue weighted by molar-refractivity contribution is -0.139. The van der Waals surface area contributed by atoms with Crippen molar-refractivity contribution in [3.63, 3.8) is 0 Å². The molecule has 0 radical (unpaired) electrons. The molecular formula is C26H28N2O4. The summed E-state index contributed by atoms with van der Waals surface area (Å²) in [5, 5.41) is 12.2. The lowest BCUT2D eigenvalue weighted by Gasteiger charge is -2.25. The summed E-state index contributed by atoms with van der Waals surface area (Å²) in [7, 11) is 0. The van der Waals surface area contributed by atoms with Crippen molar-refractivity contribution < 1.29 is 19.4 Å². The van der Waals surface area contributed by atoms with Crippen LogP contribution in [0.2, 0.25) is 0 Å². The largest absolute Gasteiger partial charge is 0.507 e. The Hall–Kier alpha value is -3.54. The second-order valence-corrected chi connectivity index (χ2v) is 8.02. The quantitative estimate of drug-likeness (QED) is 0.309. The molecule has 0 spiro atoms. The number of hydrogen-bond acceptors (Lipinski definition) is 4. The average molecular weight is 433 g/mol. The third-order valence-corrected chi connectivity index (χ3v) is 5.93. The number of aliphatic hydroxyl groups excluding tert-OH is 1. The van der Waals surface area contributed by atoms with E-state index in [4.69, 9.17) is 4.74 Å². The molecule has 0 bridgehead atoms. The van der Waals surface area contributed by atoms with Crippen molar-refractivity contribution in [1.82, 2.24) is 9.88 Å². The number of Topliss-reactive ketones (excluding diaryl/α,β-unsaturated/α-hetero) is 1. The molecule has 2 heterocycles. The molecule has 1 unspecified atom stereocenters. The number of likely N-dealkylation sites (tertiary alicyclic amines) is 1. The van der Waals surface area contributed by atoms with Crippen LogP contribution in [0, 0.1) is 6.92 Å². The molecule has 4 rings (SSSR count). The number of benzene rings is 2. The first kappa shape index (κ1) is 21.7. The van der Waals surface area contributed by atoms with Gasteiger partial charge in [-0.2, -0.15) is 0 Å². The van der Waals surface area contributed by atoms with E-state index >= 15 is 0 Å². The van der Waals surface area contributed by atoms with E-state index in [1.807, 2.05) is 45.0 Å². The first-order valence-electron chi connectivity index (χ1n) is 11.1. The van der Waals surface area contributed by atoms with E-state index in [0.29, 0.717) is 24.5 Å². The summed E-state index contributed by atoms with van der Waals surface area (Å²) in [6, 6.07) is 14.1. The molecule has 6 nitrogen and oxygen atoms in total. The minimum absolute atomic E-state index is 0.118. The van der Waals surface area contributed by atoms with Crippen LogP contribution in [0.1, 0.15) is 49.6 Å². The van der Waals surface area contributed by atoms with Crippen LogP contribution in [0.3, 0.4) is 0 Å². The summed E-state index contributed by atoms with van der Waals surface area (Å²) >= 11 is 0. The van der Waals surface area contributed by atoms with Crippen molar-refractivity contribution in [2.24, 2.45) is 0 Å². The van der Waals surface area contributed by atoms with Gasteiger partial charge in [0, 0.05) is 34.3 Å². The molecule has 1 amide bonds. The maximum Gasteiger partial charge on any atom is 0.295 e. The predicted molar refractivity (Wildman–Crippen MR) is 125 cm³/mol. The highest BCUT2D eigenvalue weighted by Gasteiger charge is 2.47. The number of rotatable bonds is 7. The summed E-state index contributed by atoms with van der Waals surface area (Å²) in [6.07, 6.45) is 1.66.